The van der Waals surface area contributed by atoms with Crippen LogP contribution in [0.5, 0.6) is 0 Å². The topological polar surface area (TPSA) is 33.2 Å². The Morgan fingerprint density at radius 2 is 1.96 bits per heavy atom. The van der Waals surface area contributed by atoms with Gasteiger partial charge in [-0.25, -0.2) is 0 Å². The number of aromatic nitrogens is 1. The van der Waals surface area contributed by atoms with E-state index in [9.17, 15) is 4.79 Å². The quantitative estimate of drug-likeness (QED) is 0.652. The number of likely N-dealkylation sites (tertiary alicyclic amines) is 1. The third kappa shape index (κ3) is 2.41. The molecule has 3 heteroatoms. The molecule has 1 saturated carbocycles. The molecule has 3 nitrogen and oxygen atoms in total. The van der Waals surface area contributed by atoms with Gasteiger partial charge in [0.15, 0.2) is 0 Å². The number of fused-ring (bicyclic) bond motifs is 5. The molecule has 1 amide bonds. The molecule has 0 spiro atoms. The van der Waals surface area contributed by atoms with Crippen molar-refractivity contribution in [3.8, 4) is 0 Å². The van der Waals surface area contributed by atoms with Gasteiger partial charge in [-0.05, 0) is 78.9 Å². The summed E-state index contributed by atoms with van der Waals surface area (Å²) in [6.45, 7) is 4.96. The first-order chi connectivity index (χ1) is 13.4. The largest absolute Gasteiger partial charge is 0.319 e. The van der Waals surface area contributed by atoms with Gasteiger partial charge in [0.05, 0.1) is 0 Å². The SMILES string of the molecule is CN1C(=O)CCCC2(C)C1=CCC1C3CC=C(c4cccnc4)C3(C)CCC12. The zero-order valence-electron chi connectivity index (χ0n) is 17.4. The maximum absolute atomic E-state index is 12.5. The number of carbonyl (C=O) groups excluding carboxylic acids is 1. The molecule has 5 unspecified atom stereocenters. The van der Waals surface area contributed by atoms with E-state index in [1.54, 1.807) is 0 Å². The molecule has 5 rings (SSSR count). The van der Waals surface area contributed by atoms with E-state index in [1.165, 1.54) is 36.1 Å². The standard InChI is InChI=1S/C25H32N2O/c1-24-14-12-21-18(20(24)10-9-19(24)17-6-5-15-26-16-17)8-11-22-25(21,2)13-4-7-23(28)27(22)3/h5-6,9,11,15-16,18,20-21H,4,7-8,10,12-14H2,1-3H3. The van der Waals surface area contributed by atoms with Crippen LogP contribution >= 0.6 is 0 Å². The maximum atomic E-state index is 12.5. The molecule has 4 aliphatic rings. The number of hydrogen-bond acceptors (Lipinski definition) is 2. The summed E-state index contributed by atoms with van der Waals surface area (Å²) in [4.78, 5) is 18.8. The summed E-state index contributed by atoms with van der Waals surface area (Å²) in [6, 6.07) is 4.29. The van der Waals surface area contributed by atoms with Crippen molar-refractivity contribution in [2.24, 2.45) is 28.6 Å². The Labute approximate surface area is 168 Å². The third-order valence-corrected chi connectivity index (χ3v) is 8.80. The lowest BCUT2D eigenvalue weighted by Gasteiger charge is -2.56. The Kier molecular flexibility index (Phi) is 4.08. The lowest BCUT2D eigenvalue weighted by atomic mass is 9.49. The molecule has 5 atom stereocenters. The van der Waals surface area contributed by atoms with Gasteiger partial charge in [-0.15, -0.1) is 0 Å². The first kappa shape index (κ1) is 18.1. The highest BCUT2D eigenvalue weighted by molar-refractivity contribution is 5.78. The van der Waals surface area contributed by atoms with Crippen molar-refractivity contribution < 1.29 is 4.79 Å². The van der Waals surface area contributed by atoms with E-state index in [1.807, 2.05) is 24.3 Å². The average Bonchev–Trinajstić information content (AvgIpc) is 3.00. The predicted octanol–water partition coefficient (Wildman–Crippen LogP) is 5.45. The van der Waals surface area contributed by atoms with Crippen LogP contribution in [0.15, 0.2) is 42.4 Å². The fourth-order valence-electron chi connectivity index (χ4n) is 7.36. The van der Waals surface area contributed by atoms with Crippen LogP contribution < -0.4 is 0 Å². The summed E-state index contributed by atoms with van der Waals surface area (Å²) in [6.07, 6.45) is 16.6. The number of nitrogens with zero attached hydrogens (tertiary/aromatic N) is 2. The fraction of sp³-hybridized carbons (Fsp3) is 0.600. The molecule has 0 radical (unpaired) electrons. The lowest BCUT2D eigenvalue weighted by Crippen LogP contribution is -2.50. The molecule has 1 aliphatic heterocycles. The molecular weight excluding hydrogens is 344 g/mol. The summed E-state index contributed by atoms with van der Waals surface area (Å²) in [5, 5.41) is 0. The summed E-state index contributed by atoms with van der Waals surface area (Å²) >= 11 is 0. The normalized spacial score (nSPS) is 40.0. The minimum absolute atomic E-state index is 0.155. The highest BCUT2D eigenvalue weighted by Gasteiger charge is 2.57. The van der Waals surface area contributed by atoms with Crippen molar-refractivity contribution >= 4 is 11.5 Å². The number of hydrogen-bond donors (Lipinski definition) is 0. The van der Waals surface area contributed by atoms with Crippen LogP contribution in [0.2, 0.25) is 0 Å². The molecule has 2 heterocycles. The van der Waals surface area contributed by atoms with Gasteiger partial charge >= 0.3 is 0 Å². The molecule has 148 valence electrons. The monoisotopic (exact) mass is 376 g/mol. The highest BCUT2D eigenvalue weighted by atomic mass is 16.2. The smallest absolute Gasteiger partial charge is 0.226 e. The van der Waals surface area contributed by atoms with Gasteiger partial charge in [0.25, 0.3) is 0 Å². The lowest BCUT2D eigenvalue weighted by molar-refractivity contribution is -0.128. The van der Waals surface area contributed by atoms with Gasteiger partial charge in [0.2, 0.25) is 5.91 Å². The Morgan fingerprint density at radius 3 is 2.75 bits per heavy atom. The third-order valence-electron chi connectivity index (χ3n) is 8.80. The van der Waals surface area contributed by atoms with Crippen LogP contribution in [0.25, 0.3) is 5.57 Å². The van der Waals surface area contributed by atoms with Crippen LogP contribution in [0, 0.1) is 28.6 Å². The number of pyridine rings is 1. The second-order valence-corrected chi connectivity index (χ2v) is 9.98. The van der Waals surface area contributed by atoms with Gasteiger partial charge < -0.3 is 4.90 Å². The number of carbonyl (C=O) groups is 1. The molecule has 1 aromatic rings. The summed E-state index contributed by atoms with van der Waals surface area (Å²) in [7, 11) is 2.00. The van der Waals surface area contributed by atoms with Crippen molar-refractivity contribution in [3.05, 3.63) is 47.9 Å². The van der Waals surface area contributed by atoms with Gasteiger partial charge in [-0.3, -0.25) is 9.78 Å². The van der Waals surface area contributed by atoms with Crippen LogP contribution in [0.1, 0.15) is 64.4 Å². The first-order valence-electron chi connectivity index (χ1n) is 11.0. The van der Waals surface area contributed by atoms with Crippen LogP contribution in [0.4, 0.5) is 0 Å². The second kappa shape index (κ2) is 6.30. The molecule has 0 N–H and O–H groups in total. The van der Waals surface area contributed by atoms with Crippen molar-refractivity contribution in [2.75, 3.05) is 7.05 Å². The predicted molar refractivity (Wildman–Crippen MR) is 112 cm³/mol. The van der Waals surface area contributed by atoms with E-state index in [0.29, 0.717) is 24.2 Å². The number of rotatable bonds is 1. The molecule has 1 saturated heterocycles. The zero-order valence-corrected chi connectivity index (χ0v) is 17.4. The second-order valence-electron chi connectivity index (χ2n) is 9.98. The van der Waals surface area contributed by atoms with Gasteiger partial charge in [-0.2, -0.15) is 0 Å². The highest BCUT2D eigenvalue weighted by Crippen LogP contribution is 2.65. The van der Waals surface area contributed by atoms with E-state index in [4.69, 9.17) is 0 Å². The van der Waals surface area contributed by atoms with Crippen LogP contribution in [0.3, 0.4) is 0 Å². The van der Waals surface area contributed by atoms with Gasteiger partial charge in [0.1, 0.15) is 0 Å². The summed E-state index contributed by atoms with van der Waals surface area (Å²) in [5.74, 6) is 2.43. The molecular formula is C25H32N2O. The first-order valence-corrected chi connectivity index (χ1v) is 11.0. The van der Waals surface area contributed by atoms with E-state index < -0.39 is 0 Å². The van der Waals surface area contributed by atoms with E-state index in [0.717, 1.165) is 25.2 Å². The minimum Gasteiger partial charge on any atom is -0.319 e. The molecule has 0 bridgehead atoms. The summed E-state index contributed by atoms with van der Waals surface area (Å²) < 4.78 is 0. The molecule has 28 heavy (non-hydrogen) atoms. The Hall–Kier alpha value is -1.90. The van der Waals surface area contributed by atoms with Crippen LogP contribution in [-0.4, -0.2) is 22.8 Å². The van der Waals surface area contributed by atoms with Gasteiger partial charge in [-0.1, -0.05) is 32.1 Å². The van der Waals surface area contributed by atoms with Crippen molar-refractivity contribution in [1.29, 1.82) is 0 Å². The van der Waals surface area contributed by atoms with Crippen molar-refractivity contribution in [2.45, 2.75) is 58.8 Å². The molecule has 0 aromatic carbocycles. The number of allylic oxidation sites excluding steroid dienone is 4. The molecule has 3 aliphatic carbocycles. The average molecular weight is 377 g/mol. The molecule has 2 fully saturated rings. The Morgan fingerprint density at radius 1 is 1.11 bits per heavy atom. The minimum atomic E-state index is 0.155. The molecule has 1 aromatic heterocycles. The fourth-order valence-corrected chi connectivity index (χ4v) is 7.36. The van der Waals surface area contributed by atoms with E-state index in [2.05, 4.69) is 43.1 Å². The van der Waals surface area contributed by atoms with Crippen molar-refractivity contribution in [3.63, 3.8) is 0 Å². The number of amides is 1. The van der Waals surface area contributed by atoms with E-state index in [-0.39, 0.29) is 10.8 Å². The van der Waals surface area contributed by atoms with Crippen LogP contribution in [-0.2, 0) is 4.79 Å². The van der Waals surface area contributed by atoms with Crippen molar-refractivity contribution in [1.82, 2.24) is 9.88 Å². The Balaban J connectivity index is 1.50. The summed E-state index contributed by atoms with van der Waals surface area (Å²) in [5.41, 5.74) is 4.57. The maximum Gasteiger partial charge on any atom is 0.226 e. The van der Waals surface area contributed by atoms with E-state index >= 15 is 0 Å². The Bertz CT molecular complexity index is 857. The zero-order chi connectivity index (χ0) is 19.5. The van der Waals surface area contributed by atoms with Gasteiger partial charge in [0, 0.05) is 37.0 Å².